The van der Waals surface area contributed by atoms with Crippen LogP contribution in [0.4, 0.5) is 5.69 Å². The van der Waals surface area contributed by atoms with Crippen LogP contribution >= 0.6 is 23.2 Å². The third kappa shape index (κ3) is 3.38. The fourth-order valence-corrected chi connectivity index (χ4v) is 7.14. The molecule has 1 saturated heterocycles. The van der Waals surface area contributed by atoms with Crippen molar-refractivity contribution < 1.29 is 14.4 Å². The van der Waals surface area contributed by atoms with Crippen LogP contribution in [-0.2, 0) is 10.2 Å². The molecule has 3 aliphatic heterocycles. The average molecular weight is 565 g/mol. The fraction of sp³-hybridized carbons (Fsp3) is 0.121. The Hall–Kier alpha value is -4.19. The molecule has 0 aliphatic carbocycles. The lowest BCUT2D eigenvalue weighted by atomic mass is 9.62. The van der Waals surface area contributed by atoms with Crippen LogP contribution in [-0.4, -0.2) is 28.4 Å². The smallest absolute Gasteiger partial charge is 0.238 e. The molecule has 1 N–H and O–H groups in total. The monoisotopic (exact) mass is 564 g/mol. The number of halogens is 2. The van der Waals surface area contributed by atoms with Gasteiger partial charge in [-0.3, -0.25) is 14.4 Å². The Morgan fingerprint density at radius 2 is 1.50 bits per heavy atom. The van der Waals surface area contributed by atoms with Crippen LogP contribution in [0.1, 0.15) is 43.4 Å². The van der Waals surface area contributed by atoms with Crippen molar-refractivity contribution in [2.24, 2.45) is 5.92 Å². The molecule has 3 heterocycles. The van der Waals surface area contributed by atoms with Gasteiger partial charge >= 0.3 is 0 Å². The number of nitrogens with one attached hydrogen (secondary N) is 1. The molecule has 7 heteroatoms. The number of carbonyl (C=O) groups is 3. The summed E-state index contributed by atoms with van der Waals surface area (Å²) in [6.45, 7) is 0. The van der Waals surface area contributed by atoms with E-state index in [0.29, 0.717) is 32.4 Å². The number of carbonyl (C=O) groups excluding carboxylic acids is 3. The lowest BCUT2D eigenvalue weighted by molar-refractivity contribution is -0.122. The van der Waals surface area contributed by atoms with Crippen molar-refractivity contribution in [3.05, 3.63) is 141 Å². The Morgan fingerprint density at radius 3 is 2.30 bits per heavy atom. The minimum Gasteiger partial charge on any atom is -0.358 e. The largest absolute Gasteiger partial charge is 0.358 e. The minimum absolute atomic E-state index is 0.292. The van der Waals surface area contributed by atoms with Crippen molar-refractivity contribution in [3.63, 3.8) is 0 Å². The molecular formula is C33H22Cl2N2O3. The van der Waals surface area contributed by atoms with Crippen molar-refractivity contribution in [1.29, 1.82) is 0 Å². The van der Waals surface area contributed by atoms with Crippen molar-refractivity contribution >= 4 is 52.4 Å². The molecule has 40 heavy (non-hydrogen) atoms. The summed E-state index contributed by atoms with van der Waals surface area (Å²) in [6, 6.07) is 27.0. The van der Waals surface area contributed by atoms with Crippen LogP contribution in [0.5, 0.6) is 0 Å². The van der Waals surface area contributed by atoms with Gasteiger partial charge in [0.2, 0.25) is 5.91 Å². The number of amides is 1. The topological polar surface area (TPSA) is 66.5 Å². The van der Waals surface area contributed by atoms with E-state index in [1.807, 2.05) is 65.7 Å². The molecule has 4 aromatic rings. The fourth-order valence-electron chi connectivity index (χ4n) is 6.78. The zero-order chi connectivity index (χ0) is 27.6. The highest BCUT2D eigenvalue weighted by molar-refractivity contribution is 6.34. The van der Waals surface area contributed by atoms with E-state index in [9.17, 15) is 14.4 Å². The van der Waals surface area contributed by atoms with Crippen LogP contribution in [0.15, 0.2) is 103 Å². The number of nitrogens with zero attached hydrogens (tertiary/aromatic N) is 1. The number of hydrogen-bond donors (Lipinski definition) is 1. The molecule has 7 rings (SSSR count). The molecule has 1 spiro atoms. The van der Waals surface area contributed by atoms with E-state index in [1.165, 1.54) is 0 Å². The van der Waals surface area contributed by atoms with Gasteiger partial charge in [-0.25, -0.2) is 0 Å². The van der Waals surface area contributed by atoms with E-state index < -0.39 is 23.4 Å². The highest BCUT2D eigenvalue weighted by Gasteiger charge is 2.70. The number of para-hydroxylation sites is 1. The van der Waals surface area contributed by atoms with Crippen LogP contribution in [0.2, 0.25) is 10.0 Å². The lowest BCUT2D eigenvalue weighted by Crippen LogP contribution is -2.49. The molecule has 4 unspecified atom stereocenters. The third-order valence-corrected chi connectivity index (χ3v) is 8.97. The van der Waals surface area contributed by atoms with Gasteiger partial charge in [-0.2, -0.15) is 0 Å². The predicted octanol–water partition coefficient (Wildman–Crippen LogP) is 6.98. The van der Waals surface area contributed by atoms with E-state index in [-0.39, 0.29) is 17.5 Å². The third-order valence-electron chi connectivity index (χ3n) is 8.39. The average Bonchev–Trinajstić information content (AvgIpc) is 3.45. The first-order chi connectivity index (χ1) is 19.4. The first-order valence-electron chi connectivity index (χ1n) is 13.0. The minimum atomic E-state index is -1.39. The number of anilines is 1. The van der Waals surface area contributed by atoms with Crippen molar-refractivity contribution in [3.8, 4) is 0 Å². The second-order valence-electron chi connectivity index (χ2n) is 10.3. The number of Topliss-reactive ketones (excluding diaryl/α,β-unsaturated/α-hetero) is 2. The molecular weight excluding hydrogens is 543 g/mol. The summed E-state index contributed by atoms with van der Waals surface area (Å²) in [7, 11) is 0. The highest BCUT2D eigenvalue weighted by Crippen LogP contribution is 2.62. The number of ketones is 2. The maximum atomic E-state index is 14.7. The van der Waals surface area contributed by atoms with E-state index in [1.54, 1.807) is 48.5 Å². The second kappa shape index (κ2) is 9.19. The SMILES string of the molecule is O=C(c1ccccc1Cl)C1C(C(=O)c2ccc(Cl)cc2)C2(C(=O)Nc3ccccc32)C2c3ccccc3C=CN12. The second-order valence-corrected chi connectivity index (χ2v) is 11.1. The van der Waals surface area contributed by atoms with Gasteiger partial charge in [0.05, 0.1) is 17.0 Å². The molecule has 0 bridgehead atoms. The molecule has 1 fully saturated rings. The Balaban J connectivity index is 1.55. The first kappa shape index (κ1) is 24.8. The zero-order valence-electron chi connectivity index (χ0n) is 21.1. The summed E-state index contributed by atoms with van der Waals surface area (Å²) < 4.78 is 0. The Kier molecular flexibility index (Phi) is 5.70. The van der Waals surface area contributed by atoms with Gasteiger partial charge in [-0.05, 0) is 65.2 Å². The molecule has 4 atom stereocenters. The maximum Gasteiger partial charge on any atom is 0.238 e. The van der Waals surface area contributed by atoms with Gasteiger partial charge in [0.25, 0.3) is 0 Å². The summed E-state index contributed by atoms with van der Waals surface area (Å²) in [6.07, 6.45) is 3.78. The van der Waals surface area contributed by atoms with Crippen molar-refractivity contribution in [2.75, 3.05) is 5.32 Å². The van der Waals surface area contributed by atoms with E-state index in [2.05, 4.69) is 5.32 Å². The standard InChI is InChI=1S/C33H22Cl2N2O3/c34-21-15-13-20(14-16-21)29(38)27-28(30(39)23-9-3-5-11-25(23)35)37-18-17-19-7-1-2-8-22(19)31(37)33(27)24-10-4-6-12-26(24)36-32(33)40/h1-18,27-28,31H,(H,36,40). The van der Waals surface area contributed by atoms with Gasteiger partial charge in [-0.15, -0.1) is 0 Å². The number of rotatable bonds is 4. The summed E-state index contributed by atoms with van der Waals surface area (Å²) in [5.74, 6) is -2.01. The van der Waals surface area contributed by atoms with Gasteiger partial charge < -0.3 is 10.2 Å². The maximum absolute atomic E-state index is 14.7. The molecule has 5 nitrogen and oxygen atoms in total. The Bertz CT molecular complexity index is 1750. The number of hydrogen-bond acceptors (Lipinski definition) is 4. The number of fused-ring (bicyclic) bond motifs is 6. The summed E-state index contributed by atoms with van der Waals surface area (Å²) in [4.78, 5) is 45.5. The van der Waals surface area contributed by atoms with Crippen LogP contribution in [0.3, 0.4) is 0 Å². The van der Waals surface area contributed by atoms with Gasteiger partial charge in [0.15, 0.2) is 11.6 Å². The summed E-state index contributed by atoms with van der Waals surface area (Å²) >= 11 is 12.7. The van der Waals surface area contributed by atoms with E-state index >= 15 is 0 Å². The molecule has 0 radical (unpaired) electrons. The van der Waals surface area contributed by atoms with Crippen LogP contribution < -0.4 is 5.32 Å². The van der Waals surface area contributed by atoms with Crippen molar-refractivity contribution in [2.45, 2.75) is 17.5 Å². The highest BCUT2D eigenvalue weighted by atomic mass is 35.5. The summed E-state index contributed by atoms with van der Waals surface area (Å²) in [5, 5.41) is 3.83. The van der Waals surface area contributed by atoms with Crippen molar-refractivity contribution in [1.82, 2.24) is 4.90 Å². The molecule has 196 valence electrons. The Morgan fingerprint density at radius 1 is 0.800 bits per heavy atom. The molecule has 1 amide bonds. The molecule has 0 aromatic heterocycles. The molecule has 0 saturated carbocycles. The lowest BCUT2D eigenvalue weighted by Gasteiger charge is -2.38. The van der Waals surface area contributed by atoms with Crippen LogP contribution in [0.25, 0.3) is 6.08 Å². The van der Waals surface area contributed by atoms with Gasteiger partial charge in [0, 0.05) is 28.0 Å². The number of benzene rings is 4. The quantitative estimate of drug-likeness (QED) is 0.272. The predicted molar refractivity (Wildman–Crippen MR) is 156 cm³/mol. The van der Waals surface area contributed by atoms with E-state index in [0.717, 1.165) is 11.1 Å². The van der Waals surface area contributed by atoms with Crippen LogP contribution in [0, 0.1) is 5.92 Å². The Labute approximate surface area is 241 Å². The molecule has 4 aromatic carbocycles. The van der Waals surface area contributed by atoms with Gasteiger partial charge in [-0.1, -0.05) is 77.8 Å². The normalized spacial score (nSPS) is 23.9. The first-order valence-corrected chi connectivity index (χ1v) is 13.7. The van der Waals surface area contributed by atoms with Gasteiger partial charge in [0.1, 0.15) is 11.5 Å². The zero-order valence-corrected chi connectivity index (χ0v) is 22.6. The van der Waals surface area contributed by atoms with E-state index in [4.69, 9.17) is 23.2 Å². The molecule has 3 aliphatic rings. The summed E-state index contributed by atoms with van der Waals surface area (Å²) in [5.41, 5.74) is 2.43.